The molecule has 0 aliphatic rings. The highest BCUT2D eigenvalue weighted by Gasteiger charge is 2.19. The lowest BCUT2D eigenvalue weighted by Crippen LogP contribution is -2.13. The van der Waals surface area contributed by atoms with E-state index in [1.807, 2.05) is 43.7 Å². The van der Waals surface area contributed by atoms with E-state index in [0.717, 1.165) is 11.3 Å². The van der Waals surface area contributed by atoms with Gasteiger partial charge in [-0.25, -0.2) is 0 Å². The molecule has 2 rings (SSSR count). The molecule has 0 saturated heterocycles. The highest BCUT2D eigenvalue weighted by atomic mass is 16.3. The number of aromatic nitrogens is 3. The van der Waals surface area contributed by atoms with Crippen LogP contribution in [0.4, 0.5) is 0 Å². The molecule has 0 spiro atoms. The Balaban J connectivity index is 2.41. The first-order valence-electron chi connectivity index (χ1n) is 5.74. The van der Waals surface area contributed by atoms with Gasteiger partial charge in [0.15, 0.2) is 0 Å². The van der Waals surface area contributed by atoms with E-state index in [2.05, 4.69) is 10.1 Å². The number of aliphatic hydroxyl groups excluding tert-OH is 1. The number of hydrogen-bond acceptors (Lipinski definition) is 3. The molecule has 1 atom stereocenters. The van der Waals surface area contributed by atoms with Crippen LogP contribution in [0.3, 0.4) is 0 Å². The monoisotopic (exact) mass is 231 g/mol. The Kier molecular flexibility index (Phi) is 3.24. The van der Waals surface area contributed by atoms with E-state index < -0.39 is 6.10 Å². The normalized spacial score (nSPS) is 13.0. The van der Waals surface area contributed by atoms with Crippen LogP contribution in [0.5, 0.6) is 0 Å². The molecule has 0 aliphatic heterocycles. The number of aliphatic hydroxyl groups is 1. The predicted octanol–water partition coefficient (Wildman–Crippen LogP) is 2.25. The van der Waals surface area contributed by atoms with Crippen molar-refractivity contribution in [1.82, 2.24) is 14.8 Å². The molecule has 1 N–H and O–H groups in total. The third-order valence-electron chi connectivity index (χ3n) is 2.78. The summed E-state index contributed by atoms with van der Waals surface area (Å²) in [6.07, 6.45) is 2.68. The second kappa shape index (κ2) is 4.67. The summed E-state index contributed by atoms with van der Waals surface area (Å²) in [5, 5.41) is 14.6. The smallest absolute Gasteiger partial charge is 0.138 e. The fourth-order valence-corrected chi connectivity index (χ4v) is 1.90. The Morgan fingerprint density at radius 2 is 2.00 bits per heavy atom. The van der Waals surface area contributed by atoms with Crippen molar-refractivity contribution in [2.75, 3.05) is 0 Å². The maximum absolute atomic E-state index is 10.4. The van der Waals surface area contributed by atoms with Crippen LogP contribution < -0.4 is 0 Å². The molecule has 2 heterocycles. The lowest BCUT2D eigenvalue weighted by atomic mass is 10.1. The molecule has 0 fully saturated rings. The fraction of sp³-hybridized carbons (Fsp3) is 0.385. The fourth-order valence-electron chi connectivity index (χ4n) is 1.90. The minimum Gasteiger partial charge on any atom is -0.380 e. The average Bonchev–Trinajstić information content (AvgIpc) is 2.77. The summed E-state index contributed by atoms with van der Waals surface area (Å²) < 4.78 is 1.82. The third kappa shape index (κ3) is 2.22. The van der Waals surface area contributed by atoms with Crippen molar-refractivity contribution in [3.8, 4) is 0 Å². The van der Waals surface area contributed by atoms with Gasteiger partial charge in [-0.3, -0.25) is 9.67 Å². The van der Waals surface area contributed by atoms with Gasteiger partial charge in [-0.2, -0.15) is 5.10 Å². The van der Waals surface area contributed by atoms with Gasteiger partial charge in [0.2, 0.25) is 0 Å². The second-order valence-corrected chi connectivity index (χ2v) is 4.40. The molecule has 0 saturated carbocycles. The SMILES string of the molecule is Cc1cccnc1C(O)c1ccnn1C(C)C. The summed E-state index contributed by atoms with van der Waals surface area (Å²) in [5.41, 5.74) is 2.45. The lowest BCUT2D eigenvalue weighted by Gasteiger charge is -2.16. The largest absolute Gasteiger partial charge is 0.380 e. The zero-order chi connectivity index (χ0) is 12.4. The molecular formula is C13H17N3O. The van der Waals surface area contributed by atoms with Crippen LogP contribution in [0.25, 0.3) is 0 Å². The van der Waals surface area contributed by atoms with E-state index >= 15 is 0 Å². The number of pyridine rings is 1. The Morgan fingerprint density at radius 1 is 1.24 bits per heavy atom. The molecule has 0 radical (unpaired) electrons. The van der Waals surface area contributed by atoms with Gasteiger partial charge in [-0.15, -0.1) is 0 Å². The maximum Gasteiger partial charge on any atom is 0.138 e. The van der Waals surface area contributed by atoms with Crippen LogP contribution in [0.15, 0.2) is 30.6 Å². The number of nitrogens with zero attached hydrogens (tertiary/aromatic N) is 3. The second-order valence-electron chi connectivity index (χ2n) is 4.40. The summed E-state index contributed by atoms with van der Waals surface area (Å²) in [6, 6.07) is 5.87. The first kappa shape index (κ1) is 11.8. The van der Waals surface area contributed by atoms with E-state index in [1.165, 1.54) is 0 Å². The highest BCUT2D eigenvalue weighted by molar-refractivity contribution is 5.26. The number of aryl methyl sites for hydroxylation is 1. The Bertz CT molecular complexity index is 505. The van der Waals surface area contributed by atoms with Gasteiger partial charge in [0.05, 0.1) is 11.4 Å². The molecule has 0 bridgehead atoms. The molecule has 0 aromatic carbocycles. The van der Waals surface area contributed by atoms with E-state index in [0.29, 0.717) is 5.69 Å². The summed E-state index contributed by atoms with van der Waals surface area (Å²) in [6.45, 7) is 6.02. The molecule has 4 nitrogen and oxygen atoms in total. The van der Waals surface area contributed by atoms with Crippen molar-refractivity contribution < 1.29 is 5.11 Å². The Morgan fingerprint density at radius 3 is 2.65 bits per heavy atom. The Labute approximate surface area is 101 Å². The molecule has 2 aromatic heterocycles. The molecule has 0 aliphatic carbocycles. The predicted molar refractivity (Wildman–Crippen MR) is 65.6 cm³/mol. The summed E-state index contributed by atoms with van der Waals surface area (Å²) >= 11 is 0. The molecule has 0 amide bonds. The first-order valence-corrected chi connectivity index (χ1v) is 5.74. The lowest BCUT2D eigenvalue weighted by molar-refractivity contribution is 0.199. The summed E-state index contributed by atoms with van der Waals surface area (Å²) in [7, 11) is 0. The quantitative estimate of drug-likeness (QED) is 0.881. The maximum atomic E-state index is 10.4. The van der Waals surface area contributed by atoms with Gasteiger partial charge in [-0.05, 0) is 38.5 Å². The molecule has 90 valence electrons. The van der Waals surface area contributed by atoms with Gasteiger partial charge in [0, 0.05) is 18.4 Å². The van der Waals surface area contributed by atoms with Crippen molar-refractivity contribution in [2.45, 2.75) is 32.9 Å². The molecule has 4 heteroatoms. The highest BCUT2D eigenvalue weighted by Crippen LogP contribution is 2.24. The Hall–Kier alpha value is -1.68. The van der Waals surface area contributed by atoms with Crippen LogP contribution >= 0.6 is 0 Å². The van der Waals surface area contributed by atoms with Gasteiger partial charge < -0.3 is 5.11 Å². The zero-order valence-corrected chi connectivity index (χ0v) is 10.3. The van der Waals surface area contributed by atoms with Gasteiger partial charge >= 0.3 is 0 Å². The van der Waals surface area contributed by atoms with Crippen LogP contribution in [0.1, 0.15) is 42.9 Å². The van der Waals surface area contributed by atoms with E-state index in [4.69, 9.17) is 0 Å². The molecule has 17 heavy (non-hydrogen) atoms. The number of hydrogen-bond donors (Lipinski definition) is 1. The van der Waals surface area contributed by atoms with Crippen molar-refractivity contribution in [3.05, 3.63) is 47.5 Å². The van der Waals surface area contributed by atoms with Crippen molar-refractivity contribution in [2.24, 2.45) is 0 Å². The van der Waals surface area contributed by atoms with Crippen LogP contribution in [-0.2, 0) is 0 Å². The van der Waals surface area contributed by atoms with Crippen molar-refractivity contribution in [1.29, 1.82) is 0 Å². The zero-order valence-electron chi connectivity index (χ0n) is 10.3. The van der Waals surface area contributed by atoms with Crippen LogP contribution in [0, 0.1) is 6.92 Å². The minimum atomic E-state index is -0.721. The van der Waals surface area contributed by atoms with Crippen LogP contribution in [-0.4, -0.2) is 19.9 Å². The van der Waals surface area contributed by atoms with E-state index in [9.17, 15) is 5.11 Å². The van der Waals surface area contributed by atoms with E-state index in [1.54, 1.807) is 12.4 Å². The molecule has 2 aromatic rings. The van der Waals surface area contributed by atoms with Gasteiger partial charge in [-0.1, -0.05) is 6.07 Å². The average molecular weight is 231 g/mol. The third-order valence-corrected chi connectivity index (χ3v) is 2.78. The van der Waals surface area contributed by atoms with Crippen molar-refractivity contribution in [3.63, 3.8) is 0 Å². The van der Waals surface area contributed by atoms with E-state index in [-0.39, 0.29) is 6.04 Å². The van der Waals surface area contributed by atoms with Crippen LogP contribution in [0.2, 0.25) is 0 Å². The minimum absolute atomic E-state index is 0.221. The first-order chi connectivity index (χ1) is 8.11. The molecule has 1 unspecified atom stereocenters. The number of rotatable bonds is 3. The summed E-state index contributed by atoms with van der Waals surface area (Å²) in [5.74, 6) is 0. The van der Waals surface area contributed by atoms with Crippen molar-refractivity contribution >= 4 is 0 Å². The van der Waals surface area contributed by atoms with Gasteiger partial charge in [0.25, 0.3) is 0 Å². The standard InChI is InChI=1S/C13H17N3O/c1-9(2)16-11(6-8-15-16)13(17)12-10(3)5-4-7-14-12/h4-9,13,17H,1-3H3. The summed E-state index contributed by atoms with van der Waals surface area (Å²) in [4.78, 5) is 4.24. The molecular weight excluding hydrogens is 214 g/mol. The topological polar surface area (TPSA) is 50.9 Å². The van der Waals surface area contributed by atoms with Gasteiger partial charge in [0.1, 0.15) is 6.10 Å².